The van der Waals surface area contributed by atoms with Crippen molar-refractivity contribution in [1.82, 2.24) is 9.80 Å². The zero-order valence-corrected chi connectivity index (χ0v) is 9.36. The second-order valence-corrected chi connectivity index (χ2v) is 3.64. The quantitative estimate of drug-likeness (QED) is 0.650. The van der Waals surface area contributed by atoms with Crippen LogP contribution in [0, 0.1) is 0 Å². The highest BCUT2D eigenvalue weighted by Crippen LogP contribution is 2.09. The fourth-order valence-corrected chi connectivity index (χ4v) is 1.62. The lowest BCUT2D eigenvalue weighted by Gasteiger charge is -2.23. The molecule has 0 aromatic carbocycles. The average Bonchev–Trinajstić information content (AvgIpc) is 2.69. The summed E-state index contributed by atoms with van der Waals surface area (Å²) in [5.41, 5.74) is 0. The van der Waals surface area contributed by atoms with E-state index in [0.717, 1.165) is 25.9 Å². The molecule has 0 bridgehead atoms. The first kappa shape index (κ1) is 11.8. The number of hydrogen-bond acceptors (Lipinski definition) is 3. The molecule has 0 atom stereocenters. The summed E-state index contributed by atoms with van der Waals surface area (Å²) in [5, 5.41) is 0. The number of carbonyl (C=O) groups is 2. The standard InChI is InChI=1S/C10H18N2O3/c1-3-15-9(13)8-11(2)10(14)12-6-4-5-7-12/h3-8H2,1-2H3. The van der Waals surface area contributed by atoms with Gasteiger partial charge in [0.1, 0.15) is 6.54 Å². The number of carbonyl (C=O) groups excluding carboxylic acids is 2. The average molecular weight is 214 g/mol. The molecule has 5 heteroatoms. The van der Waals surface area contributed by atoms with Crippen molar-refractivity contribution in [2.24, 2.45) is 0 Å². The van der Waals surface area contributed by atoms with Crippen LogP contribution in [0.5, 0.6) is 0 Å². The Morgan fingerprint density at radius 1 is 1.33 bits per heavy atom. The summed E-state index contributed by atoms with van der Waals surface area (Å²) in [6.45, 7) is 3.73. The molecule has 1 saturated heterocycles. The molecule has 0 aromatic heterocycles. The molecular weight excluding hydrogens is 196 g/mol. The number of likely N-dealkylation sites (tertiary alicyclic amines) is 1. The van der Waals surface area contributed by atoms with Crippen LogP contribution in [-0.4, -0.2) is 55.1 Å². The van der Waals surface area contributed by atoms with E-state index in [1.54, 1.807) is 18.9 Å². The monoisotopic (exact) mass is 214 g/mol. The van der Waals surface area contributed by atoms with Crippen molar-refractivity contribution in [2.75, 3.05) is 33.3 Å². The number of urea groups is 1. The lowest BCUT2D eigenvalue weighted by Crippen LogP contribution is -2.42. The third-order valence-corrected chi connectivity index (χ3v) is 2.37. The van der Waals surface area contributed by atoms with Crippen molar-refractivity contribution in [1.29, 1.82) is 0 Å². The zero-order chi connectivity index (χ0) is 11.3. The zero-order valence-electron chi connectivity index (χ0n) is 9.36. The van der Waals surface area contributed by atoms with E-state index in [1.165, 1.54) is 4.90 Å². The normalized spacial score (nSPS) is 15.2. The van der Waals surface area contributed by atoms with Crippen LogP contribution < -0.4 is 0 Å². The van der Waals surface area contributed by atoms with Crippen molar-refractivity contribution in [3.8, 4) is 0 Å². The molecule has 2 amide bonds. The summed E-state index contributed by atoms with van der Waals surface area (Å²) in [5.74, 6) is -0.354. The van der Waals surface area contributed by atoms with E-state index in [2.05, 4.69) is 0 Å². The lowest BCUT2D eigenvalue weighted by atomic mass is 10.4. The largest absolute Gasteiger partial charge is 0.465 e. The number of amides is 2. The molecule has 1 fully saturated rings. The van der Waals surface area contributed by atoms with Crippen molar-refractivity contribution in [3.63, 3.8) is 0 Å². The van der Waals surface area contributed by atoms with Gasteiger partial charge in [-0.1, -0.05) is 0 Å². The van der Waals surface area contributed by atoms with E-state index < -0.39 is 0 Å². The molecule has 1 aliphatic heterocycles. The van der Waals surface area contributed by atoms with Crippen LogP contribution in [-0.2, 0) is 9.53 Å². The Kier molecular flexibility index (Phi) is 4.39. The van der Waals surface area contributed by atoms with Crippen LogP contribution in [0.1, 0.15) is 19.8 Å². The van der Waals surface area contributed by atoms with Crippen molar-refractivity contribution < 1.29 is 14.3 Å². The minimum Gasteiger partial charge on any atom is -0.465 e. The molecule has 0 unspecified atom stereocenters. The molecule has 0 saturated carbocycles. The van der Waals surface area contributed by atoms with Gasteiger partial charge in [0.25, 0.3) is 0 Å². The van der Waals surface area contributed by atoms with E-state index in [4.69, 9.17) is 4.74 Å². The fraction of sp³-hybridized carbons (Fsp3) is 0.800. The molecular formula is C10H18N2O3. The number of likely N-dealkylation sites (N-methyl/N-ethyl adjacent to an activating group) is 1. The van der Waals surface area contributed by atoms with Gasteiger partial charge < -0.3 is 14.5 Å². The van der Waals surface area contributed by atoms with Crippen molar-refractivity contribution in [3.05, 3.63) is 0 Å². The van der Waals surface area contributed by atoms with Gasteiger partial charge in [-0.3, -0.25) is 4.79 Å². The Hall–Kier alpha value is -1.26. The van der Waals surface area contributed by atoms with Gasteiger partial charge in [-0.15, -0.1) is 0 Å². The van der Waals surface area contributed by atoms with Gasteiger partial charge in [0.05, 0.1) is 6.61 Å². The lowest BCUT2D eigenvalue weighted by molar-refractivity contribution is -0.143. The number of ether oxygens (including phenoxy) is 1. The Balaban J connectivity index is 2.35. The first-order valence-electron chi connectivity index (χ1n) is 5.30. The third-order valence-electron chi connectivity index (χ3n) is 2.37. The Bertz CT molecular complexity index is 237. The molecule has 15 heavy (non-hydrogen) atoms. The summed E-state index contributed by atoms with van der Waals surface area (Å²) >= 11 is 0. The fourth-order valence-electron chi connectivity index (χ4n) is 1.62. The maximum atomic E-state index is 11.7. The van der Waals surface area contributed by atoms with Gasteiger partial charge in [-0.2, -0.15) is 0 Å². The van der Waals surface area contributed by atoms with Crippen LogP contribution in [0.2, 0.25) is 0 Å². The SMILES string of the molecule is CCOC(=O)CN(C)C(=O)N1CCCC1. The number of nitrogens with zero attached hydrogens (tertiary/aromatic N) is 2. The van der Waals surface area contributed by atoms with E-state index in [1.807, 2.05) is 0 Å². The van der Waals surface area contributed by atoms with Gasteiger partial charge in [0, 0.05) is 20.1 Å². The highest BCUT2D eigenvalue weighted by atomic mass is 16.5. The van der Waals surface area contributed by atoms with Gasteiger partial charge in [-0.25, -0.2) is 4.79 Å². The first-order chi connectivity index (χ1) is 7.15. The van der Waals surface area contributed by atoms with Crippen LogP contribution in [0.3, 0.4) is 0 Å². The van der Waals surface area contributed by atoms with Gasteiger partial charge in [-0.05, 0) is 19.8 Å². The van der Waals surface area contributed by atoms with Gasteiger partial charge in [0.2, 0.25) is 0 Å². The van der Waals surface area contributed by atoms with Crippen molar-refractivity contribution in [2.45, 2.75) is 19.8 Å². The minimum atomic E-state index is -0.354. The molecule has 0 N–H and O–H groups in total. The summed E-state index contributed by atoms with van der Waals surface area (Å²) in [4.78, 5) is 26.0. The molecule has 0 spiro atoms. The van der Waals surface area contributed by atoms with Crippen molar-refractivity contribution >= 4 is 12.0 Å². The molecule has 0 aliphatic carbocycles. The third kappa shape index (κ3) is 3.42. The van der Waals surface area contributed by atoms with Gasteiger partial charge in [0.15, 0.2) is 0 Å². The highest BCUT2D eigenvalue weighted by molar-refractivity contribution is 5.80. The van der Waals surface area contributed by atoms with E-state index in [0.29, 0.717) is 6.61 Å². The van der Waals surface area contributed by atoms with Crippen LogP contribution >= 0.6 is 0 Å². The predicted octanol–water partition coefficient (Wildman–Crippen LogP) is 0.697. The Morgan fingerprint density at radius 3 is 2.47 bits per heavy atom. The molecule has 5 nitrogen and oxygen atoms in total. The van der Waals surface area contributed by atoms with E-state index >= 15 is 0 Å². The van der Waals surface area contributed by atoms with Crippen LogP contribution in [0.15, 0.2) is 0 Å². The summed E-state index contributed by atoms with van der Waals surface area (Å²) in [6.07, 6.45) is 2.11. The maximum absolute atomic E-state index is 11.7. The first-order valence-corrected chi connectivity index (χ1v) is 5.30. The molecule has 1 heterocycles. The minimum absolute atomic E-state index is 0.0309. The number of rotatable bonds is 3. The predicted molar refractivity (Wildman–Crippen MR) is 55.5 cm³/mol. The second kappa shape index (κ2) is 5.58. The van der Waals surface area contributed by atoms with Crippen LogP contribution in [0.25, 0.3) is 0 Å². The Labute approximate surface area is 90.0 Å². The highest BCUT2D eigenvalue weighted by Gasteiger charge is 2.22. The van der Waals surface area contributed by atoms with Crippen LogP contribution in [0.4, 0.5) is 4.79 Å². The molecule has 86 valence electrons. The topological polar surface area (TPSA) is 49.9 Å². The second-order valence-electron chi connectivity index (χ2n) is 3.64. The van der Waals surface area contributed by atoms with E-state index in [9.17, 15) is 9.59 Å². The molecule has 1 rings (SSSR count). The summed E-state index contributed by atoms with van der Waals surface area (Å²) in [7, 11) is 1.62. The number of esters is 1. The maximum Gasteiger partial charge on any atom is 0.325 e. The summed E-state index contributed by atoms with van der Waals surface area (Å²) in [6, 6.07) is -0.0828. The summed E-state index contributed by atoms with van der Waals surface area (Å²) < 4.78 is 4.77. The Morgan fingerprint density at radius 2 is 1.93 bits per heavy atom. The molecule has 0 radical (unpaired) electrons. The molecule has 1 aliphatic rings. The molecule has 0 aromatic rings. The smallest absolute Gasteiger partial charge is 0.325 e. The van der Waals surface area contributed by atoms with Gasteiger partial charge >= 0.3 is 12.0 Å². The van der Waals surface area contributed by atoms with E-state index in [-0.39, 0.29) is 18.5 Å². The number of hydrogen-bond donors (Lipinski definition) is 0.